The molecule has 0 saturated carbocycles. The highest BCUT2D eigenvalue weighted by molar-refractivity contribution is 8.00. The van der Waals surface area contributed by atoms with Crippen LogP contribution in [0.3, 0.4) is 0 Å². The molecule has 0 atom stereocenters. The minimum Gasteiger partial charge on any atom is -0.302 e. The van der Waals surface area contributed by atoms with Crippen LogP contribution in [0, 0.1) is 13.8 Å². The summed E-state index contributed by atoms with van der Waals surface area (Å²) in [5.74, 6) is 0.523. The number of anilines is 1. The topological polar surface area (TPSA) is 36.4 Å². The number of hydrogen-bond acceptors (Lipinski definition) is 5. The molecule has 0 saturated heterocycles. The maximum Gasteiger partial charge on any atom is 0.239 e. The van der Waals surface area contributed by atoms with Crippen LogP contribution in [0.5, 0.6) is 0 Å². The molecule has 0 fully saturated rings. The summed E-state index contributed by atoms with van der Waals surface area (Å²) in [6, 6.07) is 14.4. The van der Waals surface area contributed by atoms with Gasteiger partial charge in [-0.2, -0.15) is 0 Å². The van der Waals surface area contributed by atoms with Crippen molar-refractivity contribution >= 4 is 44.4 Å². The Kier molecular flexibility index (Phi) is 7.70. The minimum atomic E-state index is 0.110. The van der Waals surface area contributed by atoms with Gasteiger partial charge in [-0.1, -0.05) is 43.4 Å². The molecule has 4 nitrogen and oxygen atoms in total. The van der Waals surface area contributed by atoms with Crippen LogP contribution >= 0.6 is 23.1 Å². The highest BCUT2D eigenvalue weighted by Gasteiger charge is 2.21. The lowest BCUT2D eigenvalue weighted by Crippen LogP contribution is -2.39. The van der Waals surface area contributed by atoms with E-state index in [0.717, 1.165) is 39.9 Å². The molecular weight excluding hydrogens is 398 g/mol. The zero-order chi connectivity index (χ0) is 20.8. The maximum atomic E-state index is 13.2. The van der Waals surface area contributed by atoms with Gasteiger partial charge in [-0.05, 0) is 62.3 Å². The summed E-state index contributed by atoms with van der Waals surface area (Å²) < 4.78 is 1.14. The van der Waals surface area contributed by atoms with E-state index in [1.165, 1.54) is 11.1 Å². The van der Waals surface area contributed by atoms with Crippen LogP contribution in [0.4, 0.5) is 5.13 Å². The SMILES string of the molecule is CCN(CC)CCN(C(=O)CSc1ccccc1)c1nc2cc(C)c(C)cc2s1. The summed E-state index contributed by atoms with van der Waals surface area (Å²) in [4.78, 5) is 23.3. The third-order valence-electron chi connectivity index (χ3n) is 5.16. The van der Waals surface area contributed by atoms with Crippen molar-refractivity contribution in [3.8, 4) is 0 Å². The first-order valence-electron chi connectivity index (χ1n) is 10.1. The molecule has 0 unspecified atom stereocenters. The number of fused-ring (bicyclic) bond motifs is 1. The van der Waals surface area contributed by atoms with Gasteiger partial charge in [-0.25, -0.2) is 4.98 Å². The van der Waals surface area contributed by atoms with Crippen molar-refractivity contribution < 1.29 is 4.79 Å². The average Bonchev–Trinajstić information content (AvgIpc) is 3.12. The number of thioether (sulfide) groups is 1. The molecule has 0 spiro atoms. The second-order valence-corrected chi connectivity index (χ2v) is 9.13. The first-order chi connectivity index (χ1) is 14.0. The van der Waals surface area contributed by atoms with E-state index < -0.39 is 0 Å². The minimum absolute atomic E-state index is 0.110. The molecule has 0 aliphatic heterocycles. The number of likely N-dealkylation sites (N-methyl/N-ethyl adjacent to an activating group) is 1. The number of hydrogen-bond donors (Lipinski definition) is 0. The second kappa shape index (κ2) is 10.2. The summed E-state index contributed by atoms with van der Waals surface area (Å²) in [6.07, 6.45) is 0. The first kappa shape index (κ1) is 21.8. The Bertz CT molecular complexity index is 912. The van der Waals surface area contributed by atoms with Gasteiger partial charge in [0.15, 0.2) is 5.13 Å². The number of amides is 1. The molecule has 3 aromatic rings. The van der Waals surface area contributed by atoms with Crippen molar-refractivity contribution in [1.82, 2.24) is 9.88 Å². The Morgan fingerprint density at radius 3 is 2.41 bits per heavy atom. The molecule has 6 heteroatoms. The van der Waals surface area contributed by atoms with Crippen molar-refractivity contribution in [1.29, 1.82) is 0 Å². The number of benzene rings is 2. The molecule has 29 heavy (non-hydrogen) atoms. The fourth-order valence-corrected chi connectivity index (χ4v) is 5.02. The van der Waals surface area contributed by atoms with Crippen LogP contribution in [0.25, 0.3) is 10.2 Å². The van der Waals surface area contributed by atoms with Gasteiger partial charge in [0.1, 0.15) is 0 Å². The normalized spacial score (nSPS) is 11.3. The summed E-state index contributed by atoms with van der Waals surface area (Å²) in [5, 5.41) is 0.802. The van der Waals surface area contributed by atoms with Gasteiger partial charge < -0.3 is 4.90 Å². The predicted octanol–water partition coefficient (Wildman–Crippen LogP) is 5.38. The molecule has 1 aromatic heterocycles. The number of thiazole rings is 1. The summed E-state index contributed by atoms with van der Waals surface area (Å²) in [5.41, 5.74) is 3.47. The number of carbonyl (C=O) groups is 1. The van der Waals surface area contributed by atoms with Crippen LogP contribution in [0.15, 0.2) is 47.4 Å². The van der Waals surface area contributed by atoms with Crippen LogP contribution in [0.1, 0.15) is 25.0 Å². The zero-order valence-electron chi connectivity index (χ0n) is 17.6. The summed E-state index contributed by atoms with van der Waals surface area (Å²) in [6.45, 7) is 12.0. The van der Waals surface area contributed by atoms with E-state index in [9.17, 15) is 4.79 Å². The number of aryl methyl sites for hydroxylation is 2. The highest BCUT2D eigenvalue weighted by Crippen LogP contribution is 2.31. The van der Waals surface area contributed by atoms with Crippen molar-refractivity contribution in [2.45, 2.75) is 32.6 Å². The van der Waals surface area contributed by atoms with Crippen LogP contribution in [-0.4, -0.2) is 47.7 Å². The lowest BCUT2D eigenvalue weighted by Gasteiger charge is -2.24. The van der Waals surface area contributed by atoms with Crippen molar-refractivity contribution in [2.75, 3.05) is 36.8 Å². The Labute approximate surface area is 181 Å². The van der Waals surface area contributed by atoms with Crippen LogP contribution in [0.2, 0.25) is 0 Å². The molecule has 2 aromatic carbocycles. The molecule has 1 amide bonds. The van der Waals surface area contributed by atoms with Crippen molar-refractivity contribution in [3.05, 3.63) is 53.6 Å². The number of aromatic nitrogens is 1. The smallest absolute Gasteiger partial charge is 0.239 e. The predicted molar refractivity (Wildman–Crippen MR) is 126 cm³/mol. The average molecular weight is 428 g/mol. The third-order valence-corrected chi connectivity index (χ3v) is 7.20. The van der Waals surface area contributed by atoms with Crippen LogP contribution < -0.4 is 4.90 Å². The van der Waals surface area contributed by atoms with E-state index in [0.29, 0.717) is 12.3 Å². The lowest BCUT2D eigenvalue weighted by atomic mass is 10.1. The quantitative estimate of drug-likeness (QED) is 0.430. The van der Waals surface area contributed by atoms with Gasteiger partial charge in [0.25, 0.3) is 0 Å². The zero-order valence-corrected chi connectivity index (χ0v) is 19.3. The lowest BCUT2D eigenvalue weighted by molar-refractivity contribution is -0.116. The van der Waals surface area contributed by atoms with E-state index in [2.05, 4.69) is 44.7 Å². The van der Waals surface area contributed by atoms with Gasteiger partial charge in [-0.3, -0.25) is 9.69 Å². The molecule has 3 rings (SSSR count). The van der Waals surface area contributed by atoms with Gasteiger partial charge >= 0.3 is 0 Å². The number of rotatable bonds is 9. The third kappa shape index (κ3) is 5.59. The summed E-state index contributed by atoms with van der Waals surface area (Å²) >= 11 is 3.19. The Morgan fingerprint density at radius 1 is 1.03 bits per heavy atom. The standard InChI is InChI=1S/C23H29N3OS2/c1-5-25(6-2)12-13-26(22(27)16-28-19-10-8-7-9-11-19)23-24-20-14-17(3)18(4)15-21(20)29-23/h7-11,14-15H,5-6,12-13,16H2,1-4H3. The van der Waals surface area contributed by atoms with Crippen molar-refractivity contribution in [2.24, 2.45) is 0 Å². The van der Waals surface area contributed by atoms with Crippen molar-refractivity contribution in [3.63, 3.8) is 0 Å². The largest absolute Gasteiger partial charge is 0.302 e. The van der Waals surface area contributed by atoms with E-state index >= 15 is 0 Å². The number of carbonyl (C=O) groups excluding carboxylic acids is 1. The first-order valence-corrected chi connectivity index (χ1v) is 11.9. The molecular formula is C23H29N3OS2. The molecule has 0 aliphatic carbocycles. The van der Waals surface area contributed by atoms with Gasteiger partial charge in [0, 0.05) is 18.0 Å². The molecule has 1 heterocycles. The van der Waals surface area contributed by atoms with Crippen LogP contribution in [-0.2, 0) is 4.79 Å². The fraction of sp³-hybridized carbons (Fsp3) is 0.391. The monoisotopic (exact) mass is 427 g/mol. The van der Waals surface area contributed by atoms with Gasteiger partial charge in [0.05, 0.1) is 16.0 Å². The van der Waals surface area contributed by atoms with E-state index in [1.54, 1.807) is 23.1 Å². The molecule has 0 radical (unpaired) electrons. The Hall–Kier alpha value is -1.89. The maximum absolute atomic E-state index is 13.2. The molecule has 154 valence electrons. The Balaban J connectivity index is 1.82. The number of nitrogens with zero attached hydrogens (tertiary/aromatic N) is 3. The highest BCUT2D eigenvalue weighted by atomic mass is 32.2. The van der Waals surface area contributed by atoms with Gasteiger partial charge in [0.2, 0.25) is 5.91 Å². The van der Waals surface area contributed by atoms with E-state index in [4.69, 9.17) is 4.98 Å². The Morgan fingerprint density at radius 2 is 1.72 bits per heavy atom. The molecule has 0 aliphatic rings. The second-order valence-electron chi connectivity index (χ2n) is 7.07. The van der Waals surface area contributed by atoms with E-state index in [-0.39, 0.29) is 5.91 Å². The van der Waals surface area contributed by atoms with E-state index in [1.807, 2.05) is 35.2 Å². The molecule has 0 bridgehead atoms. The summed E-state index contributed by atoms with van der Waals surface area (Å²) in [7, 11) is 0. The molecule has 0 N–H and O–H groups in total. The fourth-order valence-electron chi connectivity index (χ4n) is 3.13. The van der Waals surface area contributed by atoms with Gasteiger partial charge in [-0.15, -0.1) is 11.8 Å².